The van der Waals surface area contributed by atoms with E-state index in [1.165, 1.54) is 11.1 Å². The monoisotopic (exact) mass is 324 g/mol. The van der Waals surface area contributed by atoms with Gasteiger partial charge in [0.15, 0.2) is 0 Å². The van der Waals surface area contributed by atoms with E-state index in [0.717, 1.165) is 29.2 Å². The highest BCUT2D eigenvalue weighted by Gasteiger charge is 2.12. The van der Waals surface area contributed by atoms with Crippen molar-refractivity contribution in [2.75, 3.05) is 0 Å². The van der Waals surface area contributed by atoms with Crippen LogP contribution in [0.15, 0.2) is 91.1 Å². The molecule has 0 saturated heterocycles. The highest BCUT2D eigenvalue weighted by molar-refractivity contribution is 5.65. The van der Waals surface area contributed by atoms with Crippen molar-refractivity contribution in [2.24, 2.45) is 0 Å². The Labute approximate surface area is 148 Å². The molecule has 0 N–H and O–H groups in total. The fourth-order valence-electron chi connectivity index (χ4n) is 3.00. The maximum absolute atomic E-state index is 4.94. The zero-order chi connectivity index (χ0) is 17.1. The molecule has 0 aliphatic heterocycles. The topological polar surface area (TPSA) is 17.8 Å². The van der Waals surface area contributed by atoms with Gasteiger partial charge in [0.25, 0.3) is 0 Å². The minimum absolute atomic E-state index is 0.809. The third-order valence-corrected chi connectivity index (χ3v) is 4.35. The van der Waals surface area contributed by atoms with Crippen LogP contribution in [0, 0.1) is 6.92 Å². The van der Waals surface area contributed by atoms with Crippen LogP contribution in [0.5, 0.6) is 0 Å². The normalized spacial score (nSPS) is 10.8. The first-order chi connectivity index (χ1) is 12.3. The number of hydrogen-bond acceptors (Lipinski definition) is 1. The fourth-order valence-corrected chi connectivity index (χ4v) is 3.00. The Morgan fingerprint density at radius 1 is 0.720 bits per heavy atom. The summed E-state index contributed by atoms with van der Waals surface area (Å²) in [5, 5.41) is 0. The summed E-state index contributed by atoms with van der Waals surface area (Å²) >= 11 is 0. The fraction of sp³-hybridized carbons (Fsp3) is 0.0870. The molecule has 3 aromatic carbocycles. The van der Waals surface area contributed by atoms with Crippen molar-refractivity contribution in [3.05, 3.63) is 102 Å². The Hall–Kier alpha value is -3.13. The molecule has 0 spiro atoms. The Morgan fingerprint density at radius 2 is 1.36 bits per heavy atom. The first kappa shape index (κ1) is 15.4. The van der Waals surface area contributed by atoms with Crippen molar-refractivity contribution < 1.29 is 0 Å². The highest BCUT2D eigenvalue weighted by atomic mass is 15.1. The van der Waals surface area contributed by atoms with Gasteiger partial charge in [-0.3, -0.25) is 0 Å². The summed E-state index contributed by atoms with van der Waals surface area (Å²) in [7, 11) is 0. The standard InChI is InChI=1S/C23H20N2/c1-18-12-14-20(15-13-18)22-17-25(16-19-8-4-2-5-9-19)23(24-22)21-10-6-3-7-11-21/h2-15,17H,16H2,1H3. The second-order valence-electron chi connectivity index (χ2n) is 6.30. The molecule has 0 fully saturated rings. The van der Waals surface area contributed by atoms with Gasteiger partial charge in [-0.1, -0.05) is 90.5 Å². The van der Waals surface area contributed by atoms with Crippen molar-refractivity contribution in [3.8, 4) is 22.6 Å². The van der Waals surface area contributed by atoms with E-state index in [-0.39, 0.29) is 0 Å². The molecule has 4 aromatic rings. The molecule has 0 bridgehead atoms. The third kappa shape index (κ3) is 3.38. The van der Waals surface area contributed by atoms with Gasteiger partial charge in [0.05, 0.1) is 5.69 Å². The van der Waals surface area contributed by atoms with E-state index < -0.39 is 0 Å². The first-order valence-electron chi connectivity index (χ1n) is 8.53. The molecule has 0 unspecified atom stereocenters. The molecular formula is C23H20N2. The Balaban J connectivity index is 1.79. The number of hydrogen-bond donors (Lipinski definition) is 0. The molecule has 1 heterocycles. The Kier molecular flexibility index (Phi) is 4.17. The Morgan fingerprint density at radius 3 is 2.04 bits per heavy atom. The summed E-state index contributed by atoms with van der Waals surface area (Å²) < 4.78 is 2.24. The van der Waals surface area contributed by atoms with Crippen LogP contribution in [0.25, 0.3) is 22.6 Å². The first-order valence-corrected chi connectivity index (χ1v) is 8.53. The van der Waals surface area contributed by atoms with Crippen molar-refractivity contribution >= 4 is 0 Å². The molecule has 2 nitrogen and oxygen atoms in total. The van der Waals surface area contributed by atoms with Crippen molar-refractivity contribution in [1.82, 2.24) is 9.55 Å². The molecule has 0 aliphatic carbocycles. The van der Waals surface area contributed by atoms with Gasteiger partial charge >= 0.3 is 0 Å². The lowest BCUT2D eigenvalue weighted by Crippen LogP contribution is -2.00. The maximum Gasteiger partial charge on any atom is 0.140 e. The van der Waals surface area contributed by atoms with E-state index in [2.05, 4.69) is 90.5 Å². The van der Waals surface area contributed by atoms with Gasteiger partial charge in [0, 0.05) is 23.9 Å². The van der Waals surface area contributed by atoms with Crippen molar-refractivity contribution in [2.45, 2.75) is 13.5 Å². The smallest absolute Gasteiger partial charge is 0.140 e. The van der Waals surface area contributed by atoms with Crippen LogP contribution < -0.4 is 0 Å². The SMILES string of the molecule is Cc1ccc(-c2cn(Cc3ccccc3)c(-c3ccccc3)n2)cc1. The lowest BCUT2D eigenvalue weighted by atomic mass is 10.1. The van der Waals surface area contributed by atoms with Gasteiger partial charge in [-0.2, -0.15) is 0 Å². The molecule has 25 heavy (non-hydrogen) atoms. The van der Waals surface area contributed by atoms with Crippen LogP contribution in [-0.2, 0) is 6.54 Å². The van der Waals surface area contributed by atoms with Gasteiger partial charge in [-0.25, -0.2) is 4.98 Å². The maximum atomic E-state index is 4.94. The number of aryl methyl sites for hydroxylation is 1. The molecule has 0 saturated carbocycles. The molecule has 4 rings (SSSR count). The Bertz CT molecular complexity index is 952. The van der Waals surface area contributed by atoms with Crippen LogP contribution in [0.2, 0.25) is 0 Å². The second kappa shape index (κ2) is 6.78. The number of nitrogens with zero attached hydrogens (tertiary/aromatic N) is 2. The molecule has 1 aromatic heterocycles. The number of rotatable bonds is 4. The lowest BCUT2D eigenvalue weighted by Gasteiger charge is -2.07. The van der Waals surface area contributed by atoms with E-state index in [1.54, 1.807) is 0 Å². The summed E-state index contributed by atoms with van der Waals surface area (Å²) in [5.41, 5.74) is 5.82. The zero-order valence-corrected chi connectivity index (χ0v) is 14.3. The van der Waals surface area contributed by atoms with E-state index in [0.29, 0.717) is 0 Å². The average molecular weight is 324 g/mol. The van der Waals surface area contributed by atoms with Crippen LogP contribution in [0.3, 0.4) is 0 Å². The quantitative estimate of drug-likeness (QED) is 0.479. The second-order valence-corrected chi connectivity index (χ2v) is 6.30. The summed E-state index contributed by atoms with van der Waals surface area (Å²) in [4.78, 5) is 4.94. The van der Waals surface area contributed by atoms with Gasteiger partial charge in [0.1, 0.15) is 5.82 Å². The van der Waals surface area contributed by atoms with E-state index >= 15 is 0 Å². The van der Waals surface area contributed by atoms with Crippen molar-refractivity contribution in [3.63, 3.8) is 0 Å². The third-order valence-electron chi connectivity index (χ3n) is 4.35. The summed E-state index contributed by atoms with van der Waals surface area (Å²) in [6.07, 6.45) is 2.15. The molecule has 0 atom stereocenters. The predicted octanol–water partition coefficient (Wildman–Crippen LogP) is 5.57. The van der Waals surface area contributed by atoms with E-state index in [9.17, 15) is 0 Å². The number of benzene rings is 3. The number of aromatic nitrogens is 2. The zero-order valence-electron chi connectivity index (χ0n) is 14.3. The van der Waals surface area contributed by atoms with Gasteiger partial charge in [-0.05, 0) is 12.5 Å². The lowest BCUT2D eigenvalue weighted by molar-refractivity contribution is 0.807. The molecular weight excluding hydrogens is 304 g/mol. The largest absolute Gasteiger partial charge is 0.326 e. The number of imidazole rings is 1. The van der Waals surface area contributed by atoms with Crippen molar-refractivity contribution in [1.29, 1.82) is 0 Å². The summed E-state index contributed by atoms with van der Waals surface area (Å²) in [6.45, 7) is 2.91. The highest BCUT2D eigenvalue weighted by Crippen LogP contribution is 2.26. The van der Waals surface area contributed by atoms with Crippen LogP contribution in [0.4, 0.5) is 0 Å². The minimum atomic E-state index is 0.809. The van der Waals surface area contributed by atoms with Gasteiger partial charge in [0.2, 0.25) is 0 Å². The summed E-state index contributed by atoms with van der Waals surface area (Å²) in [6, 6.07) is 29.4. The van der Waals surface area contributed by atoms with Crippen LogP contribution in [0.1, 0.15) is 11.1 Å². The molecule has 122 valence electrons. The van der Waals surface area contributed by atoms with Crippen LogP contribution >= 0.6 is 0 Å². The molecule has 0 aliphatic rings. The minimum Gasteiger partial charge on any atom is -0.326 e. The predicted molar refractivity (Wildman–Crippen MR) is 103 cm³/mol. The van der Waals surface area contributed by atoms with Gasteiger partial charge < -0.3 is 4.57 Å². The molecule has 0 radical (unpaired) electrons. The van der Waals surface area contributed by atoms with E-state index in [4.69, 9.17) is 4.98 Å². The van der Waals surface area contributed by atoms with Gasteiger partial charge in [-0.15, -0.1) is 0 Å². The molecule has 0 amide bonds. The molecule has 2 heteroatoms. The summed E-state index contributed by atoms with van der Waals surface area (Å²) in [5.74, 6) is 1.00. The van der Waals surface area contributed by atoms with E-state index in [1.807, 2.05) is 12.1 Å². The van der Waals surface area contributed by atoms with Crippen LogP contribution in [-0.4, -0.2) is 9.55 Å². The average Bonchev–Trinajstić information content (AvgIpc) is 3.08.